The smallest absolute Gasteiger partial charge is 0.257 e. The van der Waals surface area contributed by atoms with Gasteiger partial charge in [-0.3, -0.25) is 19.3 Å². The summed E-state index contributed by atoms with van der Waals surface area (Å²) in [6.07, 6.45) is 1.08. The highest BCUT2D eigenvalue weighted by atomic mass is 19.3. The standard InChI is InChI=1S/C22H20F5N3O4/c1-29-11-4-14(22(26,27)5-11)17(29)8-30-7-13(19(32)20(33)18(30)9-31)21(34)28-6-12-15(24)2-10(23)3-16(12)25/h2-3,7,9,11,14,17,33H,4-6,8H2,1H3,(H,28,34). The van der Waals surface area contributed by atoms with Crippen molar-refractivity contribution in [3.8, 4) is 5.75 Å². The summed E-state index contributed by atoms with van der Waals surface area (Å²) in [6.45, 7) is -0.954. The molecule has 2 heterocycles. The number of alkyl halides is 2. The number of aromatic hydroxyl groups is 1. The predicted octanol–water partition coefficient (Wildman–Crippen LogP) is 2.44. The van der Waals surface area contributed by atoms with E-state index < -0.39 is 75.8 Å². The fourth-order valence-electron chi connectivity index (χ4n) is 4.88. The van der Waals surface area contributed by atoms with Crippen LogP contribution in [0.2, 0.25) is 0 Å². The van der Waals surface area contributed by atoms with E-state index in [1.165, 1.54) is 0 Å². The summed E-state index contributed by atoms with van der Waals surface area (Å²) in [4.78, 5) is 38.3. The van der Waals surface area contributed by atoms with Crippen LogP contribution in [-0.2, 0) is 13.1 Å². The van der Waals surface area contributed by atoms with Crippen LogP contribution in [-0.4, -0.2) is 51.8 Å². The molecule has 1 aliphatic carbocycles. The zero-order valence-electron chi connectivity index (χ0n) is 17.8. The SMILES string of the molecule is CN1C2CC(C1Cn1cc(C(=O)NCc3c(F)cc(F)cc3F)c(=O)c(O)c1C=O)C(F)(F)C2. The lowest BCUT2D eigenvalue weighted by atomic mass is 9.95. The Balaban J connectivity index is 1.62. The third-order valence-electron chi connectivity index (χ3n) is 6.71. The van der Waals surface area contributed by atoms with Crippen molar-refractivity contribution in [3.05, 3.63) is 62.8 Å². The molecule has 0 spiro atoms. The number of aldehydes is 1. The van der Waals surface area contributed by atoms with Gasteiger partial charge in [0.15, 0.2) is 12.0 Å². The van der Waals surface area contributed by atoms with Gasteiger partial charge in [-0.05, 0) is 13.5 Å². The van der Waals surface area contributed by atoms with Crippen molar-refractivity contribution < 1.29 is 36.6 Å². The second kappa shape index (κ2) is 8.49. The maximum Gasteiger partial charge on any atom is 0.257 e. The molecule has 1 saturated carbocycles. The number of nitrogens with zero attached hydrogens (tertiary/aromatic N) is 2. The number of nitrogens with one attached hydrogen (secondary N) is 1. The summed E-state index contributed by atoms with van der Waals surface area (Å²) < 4.78 is 70.4. The van der Waals surface area contributed by atoms with Gasteiger partial charge in [-0.1, -0.05) is 0 Å². The number of rotatable bonds is 6. The molecule has 2 aromatic rings. The third kappa shape index (κ3) is 3.95. The summed E-state index contributed by atoms with van der Waals surface area (Å²) in [5.74, 6) is -9.78. The van der Waals surface area contributed by atoms with E-state index in [2.05, 4.69) is 5.32 Å². The Bertz CT molecular complexity index is 1210. The second-order valence-electron chi connectivity index (χ2n) is 8.60. The summed E-state index contributed by atoms with van der Waals surface area (Å²) in [5.41, 5.74) is -3.03. The predicted molar refractivity (Wildman–Crippen MR) is 108 cm³/mol. The topological polar surface area (TPSA) is 91.6 Å². The molecule has 3 atom stereocenters. The Labute approximate surface area is 189 Å². The van der Waals surface area contributed by atoms with Crippen LogP contribution in [0.15, 0.2) is 23.1 Å². The highest BCUT2D eigenvalue weighted by Crippen LogP contribution is 2.51. The van der Waals surface area contributed by atoms with Gasteiger partial charge in [0, 0.05) is 61.4 Å². The summed E-state index contributed by atoms with van der Waals surface area (Å²) >= 11 is 0. The number of likely N-dealkylation sites (N-methyl/N-ethyl adjacent to an activating group) is 1. The third-order valence-corrected chi connectivity index (χ3v) is 6.71. The Morgan fingerprint density at radius 2 is 1.91 bits per heavy atom. The van der Waals surface area contributed by atoms with Crippen LogP contribution in [0.3, 0.4) is 0 Å². The quantitative estimate of drug-likeness (QED) is 0.485. The number of halogens is 5. The number of carbonyl (C=O) groups excluding carboxylic acids is 2. The number of pyridine rings is 1. The summed E-state index contributed by atoms with van der Waals surface area (Å²) in [7, 11) is 1.66. The number of piperidine rings is 1. The molecule has 0 radical (unpaired) electrons. The largest absolute Gasteiger partial charge is 0.503 e. The maximum absolute atomic E-state index is 14.3. The van der Waals surface area contributed by atoms with Crippen LogP contribution >= 0.6 is 0 Å². The van der Waals surface area contributed by atoms with Crippen molar-refractivity contribution in [1.29, 1.82) is 0 Å². The minimum atomic E-state index is -2.91. The van der Waals surface area contributed by atoms with Crippen molar-refractivity contribution in [2.75, 3.05) is 7.05 Å². The molecule has 2 bridgehead atoms. The van der Waals surface area contributed by atoms with Gasteiger partial charge in [0.1, 0.15) is 28.7 Å². The molecule has 7 nitrogen and oxygen atoms in total. The molecule has 1 aromatic carbocycles. The number of hydrogen-bond donors (Lipinski definition) is 2. The molecule has 2 fully saturated rings. The van der Waals surface area contributed by atoms with Gasteiger partial charge in [-0.2, -0.15) is 0 Å². The molecule has 2 N–H and O–H groups in total. The van der Waals surface area contributed by atoms with Crippen LogP contribution < -0.4 is 10.7 Å². The Kier molecular flexibility index (Phi) is 5.96. The molecular weight excluding hydrogens is 465 g/mol. The lowest BCUT2D eigenvalue weighted by molar-refractivity contribution is -0.0887. The lowest BCUT2D eigenvalue weighted by Crippen LogP contribution is -2.48. The van der Waals surface area contributed by atoms with Crippen molar-refractivity contribution in [1.82, 2.24) is 14.8 Å². The van der Waals surface area contributed by atoms with Crippen molar-refractivity contribution >= 4 is 12.2 Å². The molecule has 182 valence electrons. The van der Waals surface area contributed by atoms with E-state index in [4.69, 9.17) is 0 Å². The Morgan fingerprint density at radius 1 is 1.26 bits per heavy atom. The first-order valence-electron chi connectivity index (χ1n) is 10.4. The van der Waals surface area contributed by atoms with E-state index >= 15 is 0 Å². The molecule has 1 amide bonds. The van der Waals surface area contributed by atoms with Crippen LogP contribution in [0.4, 0.5) is 22.0 Å². The Morgan fingerprint density at radius 3 is 2.50 bits per heavy atom. The number of hydrogen-bond acceptors (Lipinski definition) is 5. The number of likely N-dealkylation sites (tertiary alicyclic amines) is 1. The molecular formula is C22H20F5N3O4. The van der Waals surface area contributed by atoms with Crippen molar-refractivity contribution in [2.24, 2.45) is 5.92 Å². The van der Waals surface area contributed by atoms with E-state index in [1.54, 1.807) is 11.9 Å². The molecule has 1 aromatic heterocycles. The first-order valence-corrected chi connectivity index (χ1v) is 10.4. The monoisotopic (exact) mass is 485 g/mol. The van der Waals surface area contributed by atoms with Gasteiger partial charge < -0.3 is 15.0 Å². The average molecular weight is 485 g/mol. The molecule has 3 unspecified atom stereocenters. The summed E-state index contributed by atoms with van der Waals surface area (Å²) in [6, 6.07) is -0.248. The van der Waals surface area contributed by atoms with Crippen LogP contribution in [0.25, 0.3) is 0 Å². The van der Waals surface area contributed by atoms with Crippen LogP contribution in [0, 0.1) is 23.4 Å². The first-order chi connectivity index (χ1) is 15.9. The fraction of sp³-hybridized carbons (Fsp3) is 0.409. The van der Waals surface area contributed by atoms with Gasteiger partial charge in [0.25, 0.3) is 11.8 Å². The number of aromatic nitrogens is 1. The van der Waals surface area contributed by atoms with Crippen LogP contribution in [0.1, 0.15) is 39.3 Å². The molecule has 1 saturated heterocycles. The van der Waals surface area contributed by atoms with Crippen LogP contribution in [0.5, 0.6) is 5.75 Å². The van der Waals surface area contributed by atoms with Gasteiger partial charge in [0.2, 0.25) is 5.43 Å². The first kappa shape index (κ1) is 23.9. The van der Waals surface area contributed by atoms with Crippen molar-refractivity contribution in [2.45, 2.75) is 43.9 Å². The molecule has 1 aliphatic heterocycles. The number of carbonyl (C=O) groups is 2. The number of benzene rings is 1. The maximum atomic E-state index is 14.3. The average Bonchev–Trinajstić information content (AvgIpc) is 3.23. The molecule has 2 aliphatic rings. The van der Waals surface area contributed by atoms with E-state index in [1.807, 2.05) is 0 Å². The highest BCUT2D eigenvalue weighted by Gasteiger charge is 2.60. The van der Waals surface area contributed by atoms with Crippen molar-refractivity contribution in [3.63, 3.8) is 0 Å². The minimum Gasteiger partial charge on any atom is -0.503 e. The van der Waals surface area contributed by atoms with E-state index in [9.17, 15) is 41.4 Å². The van der Waals surface area contributed by atoms with Gasteiger partial charge in [0.05, 0.1) is 0 Å². The van der Waals surface area contributed by atoms with E-state index in [-0.39, 0.29) is 31.7 Å². The minimum absolute atomic E-state index is 0.174. The molecule has 4 rings (SSSR count). The zero-order valence-corrected chi connectivity index (χ0v) is 17.8. The summed E-state index contributed by atoms with van der Waals surface area (Å²) in [5, 5.41) is 12.3. The van der Waals surface area contributed by atoms with Gasteiger partial charge in [-0.15, -0.1) is 0 Å². The Hall–Kier alpha value is -3.28. The normalized spacial score (nSPS) is 23.3. The molecule has 12 heteroatoms. The zero-order chi connectivity index (χ0) is 24.9. The second-order valence-corrected chi connectivity index (χ2v) is 8.60. The fourth-order valence-corrected chi connectivity index (χ4v) is 4.88. The molecule has 34 heavy (non-hydrogen) atoms. The number of fused-ring (bicyclic) bond motifs is 2. The lowest BCUT2D eigenvalue weighted by Gasteiger charge is -2.37. The van der Waals surface area contributed by atoms with E-state index in [0.29, 0.717) is 12.1 Å². The van der Waals surface area contributed by atoms with E-state index in [0.717, 1.165) is 10.8 Å². The van der Waals surface area contributed by atoms with Gasteiger partial charge >= 0.3 is 0 Å². The van der Waals surface area contributed by atoms with Gasteiger partial charge in [-0.25, -0.2) is 22.0 Å². The number of amides is 1. The highest BCUT2D eigenvalue weighted by molar-refractivity contribution is 5.95.